The van der Waals surface area contributed by atoms with E-state index in [1.165, 1.54) is 0 Å². The number of phenolic OH excluding ortho intramolecular Hbond substituents is 1. The first-order valence-corrected chi connectivity index (χ1v) is 20.8. The van der Waals surface area contributed by atoms with Crippen LogP contribution in [0.25, 0.3) is 0 Å². The number of nitrogens with two attached hydrogens (primary N) is 2. The van der Waals surface area contributed by atoms with Crippen molar-refractivity contribution in [1.82, 2.24) is 0 Å². The third-order valence-corrected chi connectivity index (χ3v) is 13.3. The lowest BCUT2D eigenvalue weighted by Crippen LogP contribution is -2.39. The molecule has 10 rings (SSSR count). The standard InChI is InChI=1S/C43H51N3O8S/c1-2-27-24-39(55(50,51)52)38-23-32-20-31(22-36-19-26(25-48)5-3-6-30-21-34(49)13-16-37(30)41(32)53-36)40(38)29-7-11-33(12-8-29)43(17-4-18-47,46-42(44)45)54-35-14-9-28(27)10-15-35/h7-16,21,23,26-27,31,36,38-41,47-49H,2,4-5,17-20,22,24-25H2,1H3,(H4,44,45,46)(H,50,51,52)/t26-,27-,31+,36+,38+,39-,40+,41-,43-/m1/s1. The third kappa shape index (κ3) is 8.13. The van der Waals surface area contributed by atoms with Crippen LogP contribution in [0.2, 0.25) is 0 Å². The van der Waals surface area contributed by atoms with Crippen LogP contribution < -0.4 is 16.2 Å². The molecule has 9 atom stereocenters. The number of fused-ring (bicyclic) bond motifs is 7. The molecule has 7 aliphatic rings. The molecule has 0 spiro atoms. The average Bonchev–Trinajstić information content (AvgIpc) is 3.29. The first-order valence-electron chi connectivity index (χ1n) is 19.3. The summed E-state index contributed by atoms with van der Waals surface area (Å²) in [5, 5.41) is 29.6. The van der Waals surface area contributed by atoms with Crippen molar-refractivity contribution in [1.29, 1.82) is 0 Å². The number of aliphatic hydroxyl groups excluding tert-OH is 2. The smallest absolute Gasteiger partial charge is 0.268 e. The highest BCUT2D eigenvalue weighted by molar-refractivity contribution is 7.86. The van der Waals surface area contributed by atoms with Crippen LogP contribution in [0.4, 0.5) is 0 Å². The van der Waals surface area contributed by atoms with Gasteiger partial charge in [-0.1, -0.05) is 67.3 Å². The van der Waals surface area contributed by atoms with Crippen molar-refractivity contribution in [2.45, 2.75) is 93.3 Å². The van der Waals surface area contributed by atoms with Gasteiger partial charge in [0.05, 0.1) is 11.4 Å². The van der Waals surface area contributed by atoms with E-state index in [0.717, 1.165) is 22.3 Å². The molecule has 1 saturated heterocycles. The van der Waals surface area contributed by atoms with Gasteiger partial charge in [0.2, 0.25) is 5.72 Å². The van der Waals surface area contributed by atoms with E-state index >= 15 is 0 Å². The van der Waals surface area contributed by atoms with E-state index < -0.39 is 33.1 Å². The Labute approximate surface area is 323 Å². The number of nitrogens with zero attached hydrogens (tertiary/aromatic N) is 1. The number of hydrogen-bond acceptors (Lipinski definition) is 8. The normalized spacial score (nSPS) is 30.1. The zero-order valence-corrected chi connectivity index (χ0v) is 31.9. The van der Waals surface area contributed by atoms with E-state index in [4.69, 9.17) is 20.9 Å². The minimum atomic E-state index is -4.60. The average molecular weight is 770 g/mol. The molecule has 292 valence electrons. The van der Waals surface area contributed by atoms with Crippen molar-refractivity contribution in [3.8, 4) is 23.3 Å². The number of allylic oxidation sites excluding steroid dienone is 1. The number of hydrogen-bond donors (Lipinski definition) is 6. The van der Waals surface area contributed by atoms with Gasteiger partial charge in [-0.05, 0) is 103 Å². The summed E-state index contributed by atoms with van der Waals surface area (Å²) in [6.45, 7) is 1.85. The number of aromatic hydroxyl groups is 1. The van der Waals surface area contributed by atoms with Gasteiger partial charge in [0.15, 0.2) is 5.96 Å². The molecule has 0 saturated carbocycles. The summed E-state index contributed by atoms with van der Waals surface area (Å²) < 4.78 is 52.4. The van der Waals surface area contributed by atoms with Crippen LogP contribution in [0.5, 0.6) is 11.5 Å². The minimum absolute atomic E-state index is 0.0625. The molecule has 0 amide bonds. The molecule has 0 radical (unpaired) electrons. The van der Waals surface area contributed by atoms with Gasteiger partial charge < -0.3 is 36.3 Å². The van der Waals surface area contributed by atoms with Crippen LogP contribution in [0, 0.1) is 29.6 Å². The van der Waals surface area contributed by atoms with E-state index in [1.807, 2.05) is 67.6 Å². The van der Waals surface area contributed by atoms with Gasteiger partial charge in [-0.15, -0.1) is 0 Å². The molecule has 6 aliphatic heterocycles. The second-order valence-electron chi connectivity index (χ2n) is 15.6. The zero-order valence-electron chi connectivity index (χ0n) is 31.1. The first kappa shape index (κ1) is 38.9. The molecule has 3 aromatic carbocycles. The van der Waals surface area contributed by atoms with Crippen LogP contribution >= 0.6 is 0 Å². The molecule has 0 unspecified atom stereocenters. The molecule has 0 aromatic heterocycles. The topological polar surface area (TPSA) is 198 Å². The van der Waals surface area contributed by atoms with Crippen LogP contribution in [0.3, 0.4) is 0 Å². The summed E-state index contributed by atoms with van der Waals surface area (Å²) in [7, 11) is -4.60. The summed E-state index contributed by atoms with van der Waals surface area (Å²) in [4.78, 5) is 4.62. The minimum Gasteiger partial charge on any atom is -0.508 e. The molecule has 12 heteroatoms. The van der Waals surface area contributed by atoms with Gasteiger partial charge >= 0.3 is 0 Å². The second kappa shape index (κ2) is 16.0. The Balaban J connectivity index is 1.45. The highest BCUT2D eigenvalue weighted by Gasteiger charge is 2.48. The predicted octanol–water partition coefficient (Wildman–Crippen LogP) is 5.75. The Morgan fingerprint density at radius 1 is 1.00 bits per heavy atom. The van der Waals surface area contributed by atoms with E-state index in [1.54, 1.807) is 12.1 Å². The number of benzene rings is 3. The number of phenols is 1. The molecule has 8 N–H and O–H groups in total. The Morgan fingerprint density at radius 3 is 2.42 bits per heavy atom. The van der Waals surface area contributed by atoms with Crippen molar-refractivity contribution in [2.75, 3.05) is 13.2 Å². The van der Waals surface area contributed by atoms with Gasteiger partial charge in [0.1, 0.15) is 17.6 Å². The van der Waals surface area contributed by atoms with E-state index in [-0.39, 0.29) is 67.5 Å². The van der Waals surface area contributed by atoms with E-state index in [0.29, 0.717) is 55.4 Å². The number of ether oxygens (including phenoxy) is 2. The van der Waals surface area contributed by atoms with Crippen molar-refractivity contribution >= 4 is 16.1 Å². The predicted molar refractivity (Wildman–Crippen MR) is 210 cm³/mol. The lowest BCUT2D eigenvalue weighted by Gasteiger charge is -2.41. The maximum atomic E-state index is 13.8. The first-order chi connectivity index (χ1) is 26.4. The molecule has 3 aromatic rings. The zero-order chi connectivity index (χ0) is 38.9. The summed E-state index contributed by atoms with van der Waals surface area (Å²) in [6, 6.07) is 20.3. The summed E-state index contributed by atoms with van der Waals surface area (Å²) >= 11 is 0. The van der Waals surface area contributed by atoms with E-state index in [2.05, 4.69) is 16.8 Å². The van der Waals surface area contributed by atoms with Gasteiger partial charge in [-0.3, -0.25) is 4.55 Å². The van der Waals surface area contributed by atoms with Gasteiger partial charge in [0.25, 0.3) is 10.1 Å². The molecule has 1 aliphatic carbocycles. The van der Waals surface area contributed by atoms with Gasteiger partial charge in [-0.2, -0.15) is 8.42 Å². The summed E-state index contributed by atoms with van der Waals surface area (Å²) in [6.07, 6.45) is 4.82. The molecule has 55 heavy (non-hydrogen) atoms. The van der Waals surface area contributed by atoms with Gasteiger partial charge in [-0.25, -0.2) is 4.99 Å². The van der Waals surface area contributed by atoms with Crippen LogP contribution in [0.15, 0.2) is 83.4 Å². The Hall–Kier alpha value is -4.38. The highest BCUT2D eigenvalue weighted by atomic mass is 32.2. The van der Waals surface area contributed by atoms with Crippen molar-refractivity contribution < 1.29 is 37.8 Å². The van der Waals surface area contributed by atoms with Crippen LogP contribution in [0.1, 0.15) is 104 Å². The highest BCUT2D eigenvalue weighted by Crippen LogP contribution is 2.54. The maximum Gasteiger partial charge on any atom is 0.268 e. The molecule has 1 fully saturated rings. The largest absolute Gasteiger partial charge is 0.508 e. The second-order valence-corrected chi connectivity index (χ2v) is 17.2. The fourth-order valence-corrected chi connectivity index (χ4v) is 10.6. The van der Waals surface area contributed by atoms with Crippen LogP contribution in [-0.4, -0.2) is 58.8 Å². The SMILES string of the molecule is CC[C@@H]1C[C@@H](S(=O)(=O)O)[C@@H]2C=C3C[C@@H](C[C@@H]4C[C@H](CO)CC#Cc5cc(O)ccc5[C@@H]3O4)[C@@H]2c2ccc(cc2)[C@](CCCO)(N=C(N)N)Oc2ccc1cc2. The fourth-order valence-electron chi connectivity index (χ4n) is 9.47. The molecular weight excluding hydrogens is 719 g/mol. The van der Waals surface area contributed by atoms with Crippen molar-refractivity contribution in [2.24, 2.45) is 34.2 Å². The number of guanidine groups is 1. The lowest BCUT2D eigenvalue weighted by molar-refractivity contribution is -0.0131. The van der Waals surface area contributed by atoms with E-state index in [9.17, 15) is 28.3 Å². The third-order valence-electron chi connectivity index (χ3n) is 12.0. The van der Waals surface area contributed by atoms with Gasteiger partial charge in [0, 0.05) is 48.7 Å². The number of aliphatic imine (C=N–C) groups is 1. The van der Waals surface area contributed by atoms with Crippen molar-refractivity contribution in [3.63, 3.8) is 0 Å². The Kier molecular flexibility index (Phi) is 11.3. The molecule has 11 nitrogen and oxygen atoms in total. The Bertz CT molecular complexity index is 2090. The fraction of sp³-hybridized carbons (Fsp3) is 0.465. The lowest BCUT2D eigenvalue weighted by atomic mass is 9.65. The maximum absolute atomic E-state index is 13.8. The molecule has 8 bridgehead atoms. The molecular formula is C43H51N3O8S. The Morgan fingerprint density at radius 2 is 1.75 bits per heavy atom. The number of aliphatic hydroxyl groups is 2. The molecule has 6 heterocycles. The number of rotatable bonds is 7. The van der Waals surface area contributed by atoms with Crippen molar-refractivity contribution in [3.05, 3.63) is 106 Å². The summed E-state index contributed by atoms with van der Waals surface area (Å²) in [5.41, 5.74) is 15.4. The quantitative estimate of drug-likeness (QED) is 0.0566. The summed E-state index contributed by atoms with van der Waals surface area (Å²) in [5.74, 6) is 5.40. The van der Waals surface area contributed by atoms with Crippen LogP contribution in [-0.2, 0) is 20.6 Å². The monoisotopic (exact) mass is 769 g/mol.